The Bertz CT molecular complexity index is 463. The molecule has 0 aromatic heterocycles. The first kappa shape index (κ1) is 14.9. The van der Waals surface area contributed by atoms with Gasteiger partial charge in [-0.15, -0.1) is 0 Å². The third-order valence-corrected chi connectivity index (χ3v) is 5.01. The van der Waals surface area contributed by atoms with Crippen LogP contribution in [0.2, 0.25) is 5.02 Å². The lowest BCUT2D eigenvalue weighted by molar-refractivity contribution is 0.0934. The first-order valence-electron chi connectivity index (χ1n) is 6.79. The number of hydrogen-bond donors (Lipinski definition) is 1. The molecule has 0 spiro atoms. The lowest BCUT2D eigenvalue weighted by atomic mass is 10.1. The van der Waals surface area contributed by atoms with E-state index in [1.807, 2.05) is 13.0 Å². The van der Waals surface area contributed by atoms with Crippen LogP contribution in [0.3, 0.4) is 0 Å². The van der Waals surface area contributed by atoms with Crippen molar-refractivity contribution in [1.29, 1.82) is 0 Å². The van der Waals surface area contributed by atoms with Gasteiger partial charge in [-0.05, 0) is 43.5 Å². The quantitative estimate of drug-likeness (QED) is 0.622. The van der Waals surface area contributed by atoms with Crippen molar-refractivity contribution in [3.63, 3.8) is 0 Å². The van der Waals surface area contributed by atoms with E-state index in [0.717, 1.165) is 18.4 Å². The summed E-state index contributed by atoms with van der Waals surface area (Å²) < 4.78 is 0. The van der Waals surface area contributed by atoms with E-state index in [2.05, 4.69) is 21.2 Å². The minimum Gasteiger partial charge on any atom is -0.348 e. The second kappa shape index (κ2) is 6.76. The summed E-state index contributed by atoms with van der Waals surface area (Å²) >= 11 is 9.62. The van der Waals surface area contributed by atoms with E-state index in [-0.39, 0.29) is 11.9 Å². The highest BCUT2D eigenvalue weighted by Gasteiger charge is 2.23. The van der Waals surface area contributed by atoms with Crippen LogP contribution in [-0.2, 0) is 0 Å². The van der Waals surface area contributed by atoms with Gasteiger partial charge in [0.15, 0.2) is 0 Å². The molecule has 0 radical (unpaired) electrons. The number of aryl methyl sites for hydroxylation is 1. The molecule has 0 bridgehead atoms. The zero-order valence-electron chi connectivity index (χ0n) is 11.1. The van der Waals surface area contributed by atoms with Gasteiger partial charge in [-0.2, -0.15) is 0 Å². The average molecular weight is 345 g/mol. The minimum atomic E-state index is 0.00511. The number of halogens is 2. The van der Waals surface area contributed by atoms with Gasteiger partial charge in [0.1, 0.15) is 0 Å². The van der Waals surface area contributed by atoms with E-state index in [1.54, 1.807) is 12.1 Å². The summed E-state index contributed by atoms with van der Waals surface area (Å²) in [5, 5.41) is 3.82. The fourth-order valence-corrected chi connectivity index (χ4v) is 3.50. The van der Waals surface area contributed by atoms with Crippen molar-refractivity contribution < 1.29 is 4.79 Å². The highest BCUT2D eigenvalue weighted by molar-refractivity contribution is 9.09. The zero-order chi connectivity index (χ0) is 13.8. The number of carbonyl (C=O) groups is 1. The van der Waals surface area contributed by atoms with Crippen LogP contribution in [0.5, 0.6) is 0 Å². The fraction of sp³-hybridized carbons (Fsp3) is 0.533. The van der Waals surface area contributed by atoms with Crippen LogP contribution in [-0.4, -0.2) is 16.8 Å². The Kier molecular flexibility index (Phi) is 5.28. The molecule has 1 aromatic carbocycles. The molecule has 1 aliphatic carbocycles. The SMILES string of the molecule is Cc1cc(Cl)ccc1C(=O)NC1CCCCCC1Br. The molecule has 4 heteroatoms. The summed E-state index contributed by atoms with van der Waals surface area (Å²) in [7, 11) is 0. The van der Waals surface area contributed by atoms with Crippen LogP contribution in [0.15, 0.2) is 18.2 Å². The lowest BCUT2D eigenvalue weighted by Gasteiger charge is -2.22. The number of rotatable bonds is 2. The van der Waals surface area contributed by atoms with Crippen molar-refractivity contribution in [3.8, 4) is 0 Å². The molecular formula is C15H19BrClNO. The molecule has 2 nitrogen and oxygen atoms in total. The van der Waals surface area contributed by atoms with Gasteiger partial charge in [-0.1, -0.05) is 46.8 Å². The van der Waals surface area contributed by atoms with Gasteiger partial charge < -0.3 is 5.32 Å². The molecule has 2 rings (SSSR count). The maximum Gasteiger partial charge on any atom is 0.251 e. The molecule has 1 saturated carbocycles. The smallest absolute Gasteiger partial charge is 0.251 e. The molecule has 1 N–H and O–H groups in total. The maximum absolute atomic E-state index is 12.3. The first-order chi connectivity index (χ1) is 9.08. The molecule has 0 saturated heterocycles. The van der Waals surface area contributed by atoms with Crippen LogP contribution >= 0.6 is 27.5 Å². The third-order valence-electron chi connectivity index (χ3n) is 3.68. The van der Waals surface area contributed by atoms with Gasteiger partial charge in [-0.3, -0.25) is 4.79 Å². The van der Waals surface area contributed by atoms with E-state index < -0.39 is 0 Å². The van der Waals surface area contributed by atoms with Crippen molar-refractivity contribution in [2.45, 2.75) is 49.9 Å². The molecule has 1 amide bonds. The molecule has 0 heterocycles. The van der Waals surface area contributed by atoms with Crippen LogP contribution in [0.4, 0.5) is 0 Å². The molecule has 2 atom stereocenters. The summed E-state index contributed by atoms with van der Waals surface area (Å²) in [6, 6.07) is 5.62. The number of benzene rings is 1. The van der Waals surface area contributed by atoms with Crippen molar-refractivity contribution in [2.75, 3.05) is 0 Å². The predicted molar refractivity (Wildman–Crippen MR) is 83.2 cm³/mol. The van der Waals surface area contributed by atoms with Gasteiger partial charge in [0.05, 0.1) is 0 Å². The van der Waals surface area contributed by atoms with Crippen LogP contribution < -0.4 is 5.32 Å². The van der Waals surface area contributed by atoms with Gasteiger partial charge in [0.2, 0.25) is 0 Å². The first-order valence-corrected chi connectivity index (χ1v) is 8.08. The molecule has 1 aliphatic rings. The Morgan fingerprint density at radius 1 is 1.32 bits per heavy atom. The molecule has 104 valence electrons. The second-order valence-corrected chi connectivity index (χ2v) is 6.81. The van der Waals surface area contributed by atoms with Crippen molar-refractivity contribution >= 4 is 33.4 Å². The number of carbonyl (C=O) groups excluding carboxylic acids is 1. The summed E-state index contributed by atoms with van der Waals surface area (Å²) in [5.74, 6) is 0.00511. The largest absolute Gasteiger partial charge is 0.348 e. The van der Waals surface area contributed by atoms with Gasteiger partial charge >= 0.3 is 0 Å². The molecule has 0 aliphatic heterocycles. The van der Waals surface area contributed by atoms with Crippen LogP contribution in [0.1, 0.15) is 48.0 Å². The number of hydrogen-bond acceptors (Lipinski definition) is 1. The Hall–Kier alpha value is -0.540. The van der Waals surface area contributed by atoms with E-state index in [1.165, 1.54) is 19.3 Å². The Balaban J connectivity index is 2.07. The molecule has 2 unspecified atom stereocenters. The standard InChI is InChI=1S/C15H19BrClNO/c1-10-9-11(17)7-8-12(10)15(19)18-14-6-4-2-3-5-13(14)16/h7-9,13-14H,2-6H2,1H3,(H,18,19). The maximum atomic E-state index is 12.3. The van der Waals surface area contributed by atoms with E-state index in [4.69, 9.17) is 11.6 Å². The highest BCUT2D eigenvalue weighted by Crippen LogP contribution is 2.24. The second-order valence-electron chi connectivity index (χ2n) is 5.19. The molecule has 1 fully saturated rings. The van der Waals surface area contributed by atoms with Gasteiger partial charge in [0, 0.05) is 21.5 Å². The van der Waals surface area contributed by atoms with Crippen LogP contribution in [0.25, 0.3) is 0 Å². The number of amides is 1. The fourth-order valence-electron chi connectivity index (χ4n) is 2.55. The topological polar surface area (TPSA) is 29.1 Å². The summed E-state index contributed by atoms with van der Waals surface area (Å²) in [6.45, 7) is 1.92. The molecule has 19 heavy (non-hydrogen) atoms. The zero-order valence-corrected chi connectivity index (χ0v) is 13.4. The Morgan fingerprint density at radius 2 is 2.05 bits per heavy atom. The minimum absolute atomic E-state index is 0.00511. The van der Waals surface area contributed by atoms with Crippen molar-refractivity contribution in [2.24, 2.45) is 0 Å². The van der Waals surface area contributed by atoms with E-state index >= 15 is 0 Å². The van der Waals surface area contributed by atoms with Crippen molar-refractivity contribution in [3.05, 3.63) is 34.3 Å². The predicted octanol–water partition coefficient (Wildman–Crippen LogP) is 4.47. The van der Waals surface area contributed by atoms with E-state index in [9.17, 15) is 4.79 Å². The van der Waals surface area contributed by atoms with Crippen LogP contribution in [0, 0.1) is 6.92 Å². The molecule has 1 aromatic rings. The normalized spacial score (nSPS) is 23.7. The summed E-state index contributed by atoms with van der Waals surface area (Å²) in [5.41, 5.74) is 1.64. The molecular weight excluding hydrogens is 326 g/mol. The number of nitrogens with one attached hydrogen (secondary N) is 1. The monoisotopic (exact) mass is 343 g/mol. The van der Waals surface area contributed by atoms with E-state index in [0.29, 0.717) is 15.4 Å². The van der Waals surface area contributed by atoms with Gasteiger partial charge in [0.25, 0.3) is 5.91 Å². The summed E-state index contributed by atoms with van der Waals surface area (Å²) in [6.07, 6.45) is 5.86. The number of alkyl halides is 1. The van der Waals surface area contributed by atoms with Gasteiger partial charge in [-0.25, -0.2) is 0 Å². The lowest BCUT2D eigenvalue weighted by Crippen LogP contribution is -2.40. The third kappa shape index (κ3) is 3.96. The Morgan fingerprint density at radius 3 is 2.79 bits per heavy atom. The summed E-state index contributed by atoms with van der Waals surface area (Å²) in [4.78, 5) is 12.7. The average Bonchev–Trinajstić information content (AvgIpc) is 2.55. The van der Waals surface area contributed by atoms with Crippen molar-refractivity contribution in [1.82, 2.24) is 5.32 Å². The Labute approximate surface area is 128 Å². The highest BCUT2D eigenvalue weighted by atomic mass is 79.9.